The highest BCUT2D eigenvalue weighted by Crippen LogP contribution is 2.46. The first kappa shape index (κ1) is 24.6. The van der Waals surface area contributed by atoms with Crippen molar-refractivity contribution in [2.75, 3.05) is 0 Å². The molecule has 176 valence electrons. The summed E-state index contributed by atoms with van der Waals surface area (Å²) < 4.78 is 0. The molecule has 1 fully saturated rings. The van der Waals surface area contributed by atoms with Gasteiger partial charge in [-0.2, -0.15) is 0 Å². The molecule has 7 heteroatoms. The van der Waals surface area contributed by atoms with Gasteiger partial charge in [0.05, 0.1) is 24.0 Å². The number of nitrogens with one attached hydrogen (secondary N) is 2. The van der Waals surface area contributed by atoms with Crippen LogP contribution in [0.1, 0.15) is 56.0 Å². The number of pyridine rings is 1. The van der Waals surface area contributed by atoms with Gasteiger partial charge in [0.25, 0.3) is 5.91 Å². The minimum absolute atomic E-state index is 0.0154. The molecular weight excluding hydrogens is 418 g/mol. The lowest BCUT2D eigenvalue weighted by Gasteiger charge is -2.30. The fourth-order valence-electron chi connectivity index (χ4n) is 4.24. The lowest BCUT2D eigenvalue weighted by molar-refractivity contribution is -0.126. The van der Waals surface area contributed by atoms with Crippen LogP contribution in [0.2, 0.25) is 0 Å². The monoisotopic (exact) mass is 451 g/mol. The highest BCUT2D eigenvalue weighted by molar-refractivity contribution is 6.05. The summed E-state index contributed by atoms with van der Waals surface area (Å²) in [6, 6.07) is 11.2. The van der Waals surface area contributed by atoms with Gasteiger partial charge in [-0.25, -0.2) is 0 Å². The first-order valence-corrected chi connectivity index (χ1v) is 11.5. The molecule has 3 N–H and O–H groups in total. The normalized spacial score (nSPS) is 20.3. The maximum atomic E-state index is 13.2. The van der Waals surface area contributed by atoms with Crippen LogP contribution in [0.4, 0.5) is 0 Å². The predicted molar refractivity (Wildman–Crippen MR) is 125 cm³/mol. The van der Waals surface area contributed by atoms with Crippen LogP contribution in [0, 0.1) is 17.8 Å². The molecule has 0 radical (unpaired) electrons. The Labute approximate surface area is 195 Å². The molecule has 0 aliphatic heterocycles. The average molecular weight is 452 g/mol. The molecule has 1 heterocycles. The van der Waals surface area contributed by atoms with Crippen molar-refractivity contribution in [2.45, 2.75) is 58.2 Å². The van der Waals surface area contributed by atoms with Gasteiger partial charge in [-0.15, -0.1) is 0 Å². The fraction of sp³-hybridized carbons (Fsp3) is 0.462. The highest BCUT2D eigenvalue weighted by Gasteiger charge is 2.56. The van der Waals surface area contributed by atoms with Crippen LogP contribution in [0.5, 0.6) is 0 Å². The van der Waals surface area contributed by atoms with Gasteiger partial charge in [0.15, 0.2) is 0 Å². The number of ketones is 1. The third kappa shape index (κ3) is 6.05. The van der Waals surface area contributed by atoms with E-state index in [0.717, 1.165) is 5.56 Å². The molecule has 0 bridgehead atoms. The number of aliphatic hydroxyl groups is 1. The third-order valence-corrected chi connectivity index (χ3v) is 6.08. The lowest BCUT2D eigenvalue weighted by atomic mass is 9.92. The molecule has 1 aliphatic rings. The van der Waals surface area contributed by atoms with E-state index < -0.39 is 24.1 Å². The Morgan fingerprint density at radius 2 is 1.64 bits per heavy atom. The Morgan fingerprint density at radius 1 is 1.00 bits per heavy atom. The van der Waals surface area contributed by atoms with Crippen LogP contribution >= 0.6 is 0 Å². The van der Waals surface area contributed by atoms with Crippen molar-refractivity contribution < 1.29 is 19.5 Å². The second-order valence-electron chi connectivity index (χ2n) is 9.48. The second-order valence-corrected chi connectivity index (χ2v) is 9.48. The van der Waals surface area contributed by atoms with Crippen LogP contribution < -0.4 is 10.6 Å². The van der Waals surface area contributed by atoms with Crippen molar-refractivity contribution in [1.29, 1.82) is 0 Å². The van der Waals surface area contributed by atoms with Crippen molar-refractivity contribution in [3.05, 3.63) is 66.0 Å². The van der Waals surface area contributed by atoms with Crippen LogP contribution in [0.3, 0.4) is 0 Å². The van der Waals surface area contributed by atoms with E-state index in [1.54, 1.807) is 12.1 Å². The van der Waals surface area contributed by atoms with Gasteiger partial charge in [0.1, 0.15) is 11.8 Å². The second kappa shape index (κ2) is 10.7. The SMILES string of the molecule is CC(C)C[C@H](NC(=O)c1ccncc1)C(=O)N[C@@H](C(C)C)[C@@H](O)C1C(=O)C1c1ccccc1. The average Bonchev–Trinajstić information content (AvgIpc) is 3.47. The van der Waals surface area contributed by atoms with Gasteiger partial charge in [0.2, 0.25) is 5.91 Å². The number of benzene rings is 1. The molecule has 0 saturated heterocycles. The van der Waals surface area contributed by atoms with Gasteiger partial charge in [-0.3, -0.25) is 19.4 Å². The zero-order valence-electron chi connectivity index (χ0n) is 19.6. The molecule has 5 atom stereocenters. The summed E-state index contributed by atoms with van der Waals surface area (Å²) in [4.78, 5) is 42.3. The largest absolute Gasteiger partial charge is 0.390 e. The number of carbonyl (C=O) groups is 3. The molecule has 7 nitrogen and oxygen atoms in total. The smallest absolute Gasteiger partial charge is 0.252 e. The van der Waals surface area contributed by atoms with Crippen LogP contribution in [-0.4, -0.2) is 45.9 Å². The zero-order chi connectivity index (χ0) is 24.1. The third-order valence-electron chi connectivity index (χ3n) is 6.08. The van der Waals surface area contributed by atoms with Gasteiger partial charge in [-0.1, -0.05) is 58.0 Å². The van der Waals surface area contributed by atoms with Gasteiger partial charge >= 0.3 is 0 Å². The number of carbonyl (C=O) groups excluding carboxylic acids is 3. The molecule has 3 rings (SSSR count). The van der Waals surface area contributed by atoms with E-state index in [0.29, 0.717) is 12.0 Å². The Morgan fingerprint density at radius 3 is 2.21 bits per heavy atom. The molecule has 1 aliphatic carbocycles. The molecule has 2 amide bonds. The minimum Gasteiger partial charge on any atom is -0.390 e. The standard InChI is InChI=1S/C26H33N3O4/c1-15(2)14-19(28-25(32)18-10-12-27-13-11-18)26(33)29-22(16(3)4)24(31)21-20(23(21)30)17-8-6-5-7-9-17/h5-13,15-16,19-22,24,31H,14H2,1-4H3,(H,28,32)(H,29,33)/t19-,20?,21?,22-,24-/m0/s1. The zero-order valence-corrected chi connectivity index (χ0v) is 19.6. The van der Waals surface area contributed by atoms with E-state index >= 15 is 0 Å². The summed E-state index contributed by atoms with van der Waals surface area (Å²) in [5, 5.41) is 16.8. The van der Waals surface area contributed by atoms with Gasteiger partial charge in [0, 0.05) is 18.0 Å². The first-order valence-electron chi connectivity index (χ1n) is 11.5. The van der Waals surface area contributed by atoms with E-state index in [-0.39, 0.29) is 35.4 Å². The number of aromatic nitrogens is 1. The Bertz CT molecular complexity index is 962. The van der Waals surface area contributed by atoms with Crippen LogP contribution in [-0.2, 0) is 9.59 Å². The number of hydrogen-bond acceptors (Lipinski definition) is 5. The molecule has 1 aromatic carbocycles. The molecule has 0 spiro atoms. The number of amides is 2. The summed E-state index contributed by atoms with van der Waals surface area (Å²) in [7, 11) is 0. The Balaban J connectivity index is 1.71. The number of hydrogen-bond donors (Lipinski definition) is 3. The maximum absolute atomic E-state index is 13.2. The number of rotatable bonds is 10. The van der Waals surface area contributed by atoms with Crippen molar-refractivity contribution in [1.82, 2.24) is 15.6 Å². The lowest BCUT2D eigenvalue weighted by Crippen LogP contribution is -2.55. The number of nitrogens with zero attached hydrogens (tertiary/aromatic N) is 1. The number of Topliss-reactive ketones (excluding diaryl/α,β-unsaturated/α-hetero) is 1. The molecule has 1 saturated carbocycles. The minimum atomic E-state index is -1.01. The summed E-state index contributed by atoms with van der Waals surface area (Å²) in [6.45, 7) is 7.74. The Kier molecular flexibility index (Phi) is 7.97. The van der Waals surface area contributed by atoms with E-state index in [1.807, 2.05) is 58.0 Å². The van der Waals surface area contributed by atoms with E-state index in [1.165, 1.54) is 12.4 Å². The quantitative estimate of drug-likeness (QED) is 0.515. The van der Waals surface area contributed by atoms with E-state index in [4.69, 9.17) is 0 Å². The Hall–Kier alpha value is -3.06. The summed E-state index contributed by atoms with van der Waals surface area (Å²) in [6.07, 6.45) is 2.47. The topological polar surface area (TPSA) is 108 Å². The molecule has 1 aromatic heterocycles. The van der Waals surface area contributed by atoms with Crippen molar-refractivity contribution in [2.24, 2.45) is 17.8 Å². The van der Waals surface area contributed by atoms with Crippen LogP contribution in [0.15, 0.2) is 54.9 Å². The molecule has 2 unspecified atom stereocenters. The van der Waals surface area contributed by atoms with E-state index in [2.05, 4.69) is 15.6 Å². The van der Waals surface area contributed by atoms with Gasteiger partial charge < -0.3 is 15.7 Å². The summed E-state index contributed by atoms with van der Waals surface area (Å²) >= 11 is 0. The van der Waals surface area contributed by atoms with Crippen LogP contribution in [0.25, 0.3) is 0 Å². The number of aliphatic hydroxyl groups excluding tert-OH is 1. The van der Waals surface area contributed by atoms with Crippen molar-refractivity contribution >= 4 is 17.6 Å². The predicted octanol–water partition coefficient (Wildman–Crippen LogP) is 2.71. The maximum Gasteiger partial charge on any atom is 0.252 e. The summed E-state index contributed by atoms with van der Waals surface area (Å²) in [5.74, 6) is -1.59. The molecule has 33 heavy (non-hydrogen) atoms. The molecule has 2 aromatic rings. The van der Waals surface area contributed by atoms with Gasteiger partial charge in [-0.05, 0) is 36.0 Å². The molecular formula is C26H33N3O4. The van der Waals surface area contributed by atoms with Crippen molar-refractivity contribution in [3.8, 4) is 0 Å². The first-order chi connectivity index (χ1) is 15.7. The van der Waals surface area contributed by atoms with E-state index in [9.17, 15) is 19.5 Å². The van der Waals surface area contributed by atoms with Crippen molar-refractivity contribution in [3.63, 3.8) is 0 Å². The summed E-state index contributed by atoms with van der Waals surface area (Å²) in [5.41, 5.74) is 1.30. The highest BCUT2D eigenvalue weighted by atomic mass is 16.3. The fourth-order valence-corrected chi connectivity index (χ4v) is 4.24.